The minimum atomic E-state index is -0.558. The first-order valence-electron chi connectivity index (χ1n) is 21.9. The molecule has 312 valence electrons. The van der Waals surface area contributed by atoms with Crippen molar-refractivity contribution < 1.29 is 33.3 Å². The summed E-state index contributed by atoms with van der Waals surface area (Å²) in [4.78, 5) is 39.4. The van der Waals surface area contributed by atoms with E-state index in [0.717, 1.165) is 25.7 Å². The van der Waals surface area contributed by atoms with Crippen LogP contribution in [0.15, 0.2) is 69.6 Å². The third kappa shape index (κ3) is 6.73. The topological polar surface area (TPSA) is 112 Å². The smallest absolute Gasteiger partial charge is 0.311 e. The molecule has 1 heterocycles. The molecule has 0 unspecified atom stereocenters. The first-order valence-corrected chi connectivity index (χ1v) is 21.9. The molecule has 4 saturated carbocycles. The van der Waals surface area contributed by atoms with Gasteiger partial charge in [0, 0.05) is 18.6 Å². The van der Waals surface area contributed by atoms with Crippen LogP contribution in [-0.4, -0.2) is 36.4 Å². The van der Waals surface area contributed by atoms with Crippen LogP contribution in [0.25, 0.3) is 22.1 Å². The molecule has 2 aromatic carbocycles. The van der Waals surface area contributed by atoms with Gasteiger partial charge in [0.2, 0.25) is 0 Å². The summed E-state index contributed by atoms with van der Waals surface area (Å²) < 4.78 is 23.6. The van der Waals surface area contributed by atoms with Crippen LogP contribution < -0.4 is 10.2 Å². The summed E-state index contributed by atoms with van der Waals surface area (Å²) in [5, 5.41) is 9.94. The highest BCUT2D eigenvalue weighted by Crippen LogP contribution is 2.70. The van der Waals surface area contributed by atoms with E-state index in [4.69, 9.17) is 18.6 Å². The Morgan fingerprint density at radius 2 is 1.47 bits per heavy atom. The second-order valence-corrected chi connectivity index (χ2v) is 20.8. The molecule has 5 aliphatic rings. The van der Waals surface area contributed by atoms with Gasteiger partial charge in [-0.05, 0) is 139 Å². The van der Waals surface area contributed by atoms with Gasteiger partial charge < -0.3 is 23.7 Å². The maximum atomic E-state index is 13.3. The Morgan fingerprint density at radius 1 is 0.776 bits per heavy atom. The third-order valence-electron chi connectivity index (χ3n) is 17.0. The van der Waals surface area contributed by atoms with Crippen molar-refractivity contribution in [2.75, 3.05) is 7.11 Å². The van der Waals surface area contributed by atoms with Crippen LogP contribution in [0.3, 0.4) is 0 Å². The zero-order valence-corrected chi connectivity index (χ0v) is 36.0. The van der Waals surface area contributed by atoms with Gasteiger partial charge in [0.05, 0.1) is 29.9 Å². The monoisotopic (exact) mass is 792 g/mol. The van der Waals surface area contributed by atoms with Crippen LogP contribution in [0, 0.1) is 50.7 Å². The van der Waals surface area contributed by atoms with Crippen molar-refractivity contribution in [3.63, 3.8) is 0 Å². The van der Waals surface area contributed by atoms with Crippen LogP contribution in [-0.2, 0) is 19.1 Å². The van der Waals surface area contributed by atoms with Crippen LogP contribution in [0.1, 0.15) is 126 Å². The number of ether oxygens (including phenoxy) is 3. The zero-order chi connectivity index (χ0) is 41.4. The number of hydrogen-bond acceptors (Lipinski definition) is 8. The van der Waals surface area contributed by atoms with Gasteiger partial charge >= 0.3 is 11.9 Å². The van der Waals surface area contributed by atoms with E-state index in [1.165, 1.54) is 63.0 Å². The summed E-state index contributed by atoms with van der Waals surface area (Å²) in [6.07, 6.45) is 15.5. The second kappa shape index (κ2) is 14.7. The van der Waals surface area contributed by atoms with E-state index in [2.05, 4.69) is 54.5 Å². The number of benzene rings is 2. The average Bonchev–Trinajstić information content (AvgIpc) is 3.33. The fourth-order valence-electron chi connectivity index (χ4n) is 14.2. The van der Waals surface area contributed by atoms with Gasteiger partial charge in [-0.2, -0.15) is 0 Å². The molecule has 1 aromatic heterocycles. The second-order valence-electron chi connectivity index (χ2n) is 20.8. The van der Waals surface area contributed by atoms with Gasteiger partial charge in [-0.25, -0.2) is 0 Å². The molecule has 58 heavy (non-hydrogen) atoms. The van der Waals surface area contributed by atoms with E-state index in [9.17, 15) is 19.5 Å². The molecule has 4 fully saturated rings. The van der Waals surface area contributed by atoms with Crippen LogP contribution in [0.2, 0.25) is 0 Å². The molecule has 0 amide bonds. The van der Waals surface area contributed by atoms with Gasteiger partial charge in [-0.15, -0.1) is 0 Å². The van der Waals surface area contributed by atoms with E-state index in [1.54, 1.807) is 29.8 Å². The number of hydrogen-bond donors (Lipinski definition) is 1. The Labute approximate surface area is 344 Å². The van der Waals surface area contributed by atoms with Gasteiger partial charge in [0.15, 0.2) is 5.43 Å². The summed E-state index contributed by atoms with van der Waals surface area (Å²) in [6.45, 7) is 17.4. The average molecular weight is 793 g/mol. The number of fused-ring (bicyclic) bond motifs is 7. The summed E-state index contributed by atoms with van der Waals surface area (Å²) >= 11 is 0. The molecule has 0 spiro atoms. The minimum absolute atomic E-state index is 0.0691. The van der Waals surface area contributed by atoms with Crippen molar-refractivity contribution in [3.05, 3.63) is 70.6 Å². The molecule has 8 nitrogen and oxygen atoms in total. The summed E-state index contributed by atoms with van der Waals surface area (Å²) in [7, 11) is 1.91. The van der Waals surface area contributed by atoms with Crippen molar-refractivity contribution in [1.82, 2.24) is 0 Å². The number of phenols is 1. The molecule has 8 rings (SSSR count). The van der Waals surface area contributed by atoms with E-state index in [1.807, 2.05) is 7.11 Å². The highest BCUT2D eigenvalue weighted by molar-refractivity contribution is 5.84. The fourth-order valence-corrected chi connectivity index (χ4v) is 14.2. The lowest BCUT2D eigenvalue weighted by Crippen LogP contribution is -2.58. The molecule has 3 aromatic rings. The number of esters is 2. The number of phenolic OH excluding ortho intramolecular Hbond substituents is 1. The van der Waals surface area contributed by atoms with Crippen molar-refractivity contribution in [1.29, 1.82) is 0 Å². The van der Waals surface area contributed by atoms with Crippen molar-refractivity contribution >= 4 is 22.9 Å². The summed E-state index contributed by atoms with van der Waals surface area (Å²) in [6, 6.07) is 10.9. The SMILES string of the molecule is CO[C@@H]1CC[C@@]2(C)[C@@H](CC[C@@]3(C)CC4=CC[C@H]5C(C)(C)[C@H](OC(=O)CCC(=O)Oc6ccc7c(=O)c(-c8ccc(O)cc8)coc7c6)CC[C@]5(C)[C@H]4CC[C@@H]32)C1(C)C. The van der Waals surface area contributed by atoms with Crippen LogP contribution in [0.4, 0.5) is 0 Å². The predicted molar refractivity (Wildman–Crippen MR) is 225 cm³/mol. The number of rotatable bonds is 7. The molecule has 9 atom stereocenters. The molecular weight excluding hydrogens is 729 g/mol. The summed E-state index contributed by atoms with van der Waals surface area (Å²) in [5.74, 6) is 1.72. The van der Waals surface area contributed by atoms with E-state index >= 15 is 0 Å². The molecule has 1 N–H and O–H groups in total. The fraction of sp³-hybridized carbons (Fsp3) is 0.620. The van der Waals surface area contributed by atoms with Gasteiger partial charge in [0.1, 0.15) is 29.4 Å². The van der Waals surface area contributed by atoms with Crippen molar-refractivity contribution in [3.8, 4) is 22.6 Å². The highest BCUT2D eigenvalue weighted by Gasteiger charge is 2.63. The van der Waals surface area contributed by atoms with E-state index < -0.39 is 5.97 Å². The molecule has 8 heteroatoms. The number of carbonyl (C=O) groups excluding carboxylic acids is 2. The molecule has 0 aliphatic heterocycles. The van der Waals surface area contributed by atoms with Crippen molar-refractivity contribution in [2.24, 2.45) is 50.7 Å². The Hall–Kier alpha value is -3.91. The minimum Gasteiger partial charge on any atom is -0.508 e. The van der Waals surface area contributed by atoms with Gasteiger partial charge in [0.25, 0.3) is 0 Å². The first-order chi connectivity index (χ1) is 27.4. The van der Waals surface area contributed by atoms with Crippen LogP contribution >= 0.6 is 0 Å². The largest absolute Gasteiger partial charge is 0.508 e. The normalized spacial score (nSPS) is 34.9. The molecule has 0 bridgehead atoms. The Kier molecular flexibility index (Phi) is 10.3. The predicted octanol–water partition coefficient (Wildman–Crippen LogP) is 11.2. The van der Waals surface area contributed by atoms with E-state index in [-0.39, 0.29) is 63.7 Å². The third-order valence-corrected chi connectivity index (χ3v) is 17.0. The summed E-state index contributed by atoms with van der Waals surface area (Å²) in [5.41, 5.74) is 3.47. The van der Waals surface area contributed by atoms with Crippen LogP contribution in [0.5, 0.6) is 11.5 Å². The Bertz CT molecular complexity index is 2160. The molecular formula is C50H64O8. The molecule has 5 aliphatic carbocycles. The first kappa shape index (κ1) is 40.9. The Morgan fingerprint density at radius 3 is 2.21 bits per heavy atom. The highest BCUT2D eigenvalue weighted by atomic mass is 16.5. The molecule has 0 saturated heterocycles. The number of carbonyl (C=O) groups is 2. The quantitative estimate of drug-likeness (QED) is 0.143. The zero-order valence-electron chi connectivity index (χ0n) is 36.0. The number of methoxy groups -OCH3 is 1. The maximum absolute atomic E-state index is 13.3. The Balaban J connectivity index is 0.894. The van der Waals surface area contributed by atoms with Gasteiger partial charge in [-0.1, -0.05) is 72.2 Å². The lowest BCUT2D eigenvalue weighted by Gasteiger charge is -2.64. The number of allylic oxidation sites excluding steroid dienone is 2. The number of aromatic hydroxyl groups is 1. The lowest BCUT2D eigenvalue weighted by atomic mass is 9.42. The lowest BCUT2D eigenvalue weighted by molar-refractivity contribution is -0.178. The maximum Gasteiger partial charge on any atom is 0.311 e. The standard InChI is InChI=1S/C50H64O8/c1-46(2)39-21-24-48(5)28-31-11-17-38-47(3,4)42(23-25-49(38,6)36(31)16-18-40(48)50(39,7)26-22-41(46)55-8)58-44(53)20-19-43(52)57-33-14-15-34-37(27-33)56-29-35(45(34)54)30-9-12-32(51)13-10-30/h9-15,27,29,36,38-42,51H,16-26,28H2,1-8H3/t36-,38-,39-,40-,41+,42+,48-,49+,50-/m0/s1. The van der Waals surface area contributed by atoms with Gasteiger partial charge in [-0.3, -0.25) is 14.4 Å². The molecule has 0 radical (unpaired) electrons. The van der Waals surface area contributed by atoms with Crippen molar-refractivity contribution in [2.45, 2.75) is 138 Å². The van der Waals surface area contributed by atoms with E-state index in [0.29, 0.717) is 57.1 Å².